The Morgan fingerprint density at radius 2 is 1.81 bits per heavy atom. The SMILES string of the molecule is O=C1CCC(N2C(=O)c3cccc(CN4CCNCc5ccccc54)c3C2=O)C(=O)N1. The van der Waals surface area contributed by atoms with Crippen LogP contribution in [0, 0.1) is 0 Å². The van der Waals surface area contributed by atoms with Crippen molar-refractivity contribution >= 4 is 29.3 Å². The molecule has 0 spiro atoms. The van der Waals surface area contributed by atoms with E-state index in [0.29, 0.717) is 17.7 Å². The molecule has 0 bridgehead atoms. The number of hydrogen-bond acceptors (Lipinski definition) is 6. The quantitative estimate of drug-likeness (QED) is 0.727. The van der Waals surface area contributed by atoms with Crippen molar-refractivity contribution < 1.29 is 19.2 Å². The molecule has 0 aliphatic carbocycles. The highest BCUT2D eigenvalue weighted by molar-refractivity contribution is 6.24. The van der Waals surface area contributed by atoms with Gasteiger partial charge >= 0.3 is 0 Å². The highest BCUT2D eigenvalue weighted by Gasteiger charge is 2.45. The summed E-state index contributed by atoms with van der Waals surface area (Å²) in [6, 6.07) is 12.4. The van der Waals surface area contributed by atoms with Gasteiger partial charge in [0.2, 0.25) is 11.8 Å². The van der Waals surface area contributed by atoms with Gasteiger partial charge in [-0.2, -0.15) is 0 Å². The Labute approximate surface area is 179 Å². The highest BCUT2D eigenvalue weighted by atomic mass is 16.2. The third-order valence-corrected chi connectivity index (χ3v) is 6.12. The van der Waals surface area contributed by atoms with Gasteiger partial charge in [0.15, 0.2) is 0 Å². The maximum absolute atomic E-state index is 13.3. The van der Waals surface area contributed by atoms with E-state index in [0.717, 1.165) is 35.8 Å². The Kier molecular flexibility index (Phi) is 4.78. The van der Waals surface area contributed by atoms with Crippen LogP contribution in [0.15, 0.2) is 42.5 Å². The summed E-state index contributed by atoms with van der Waals surface area (Å²) in [5, 5.41) is 5.64. The molecule has 0 aromatic heterocycles. The molecule has 0 radical (unpaired) electrons. The van der Waals surface area contributed by atoms with Gasteiger partial charge in [-0.15, -0.1) is 0 Å². The molecule has 31 heavy (non-hydrogen) atoms. The zero-order valence-electron chi connectivity index (χ0n) is 16.9. The van der Waals surface area contributed by atoms with Gasteiger partial charge in [-0.3, -0.25) is 29.4 Å². The number of benzene rings is 2. The van der Waals surface area contributed by atoms with Crippen LogP contribution in [-0.2, 0) is 22.7 Å². The first kappa shape index (κ1) is 19.4. The van der Waals surface area contributed by atoms with Crippen LogP contribution in [0.1, 0.15) is 44.7 Å². The molecule has 1 atom stereocenters. The van der Waals surface area contributed by atoms with E-state index in [4.69, 9.17) is 0 Å². The number of nitrogens with one attached hydrogen (secondary N) is 2. The molecular formula is C23H22N4O4. The van der Waals surface area contributed by atoms with Gasteiger partial charge < -0.3 is 10.2 Å². The summed E-state index contributed by atoms with van der Waals surface area (Å²) in [6.45, 7) is 2.82. The molecule has 158 valence electrons. The first-order chi connectivity index (χ1) is 15.0. The summed E-state index contributed by atoms with van der Waals surface area (Å²) in [5.41, 5.74) is 3.70. The number of carbonyl (C=O) groups excluding carboxylic acids is 4. The smallest absolute Gasteiger partial charge is 0.262 e. The second-order valence-corrected chi connectivity index (χ2v) is 8.01. The maximum Gasteiger partial charge on any atom is 0.262 e. The van der Waals surface area contributed by atoms with E-state index in [-0.39, 0.29) is 18.7 Å². The molecule has 8 heteroatoms. The van der Waals surface area contributed by atoms with Gasteiger partial charge in [0.25, 0.3) is 11.8 Å². The molecular weight excluding hydrogens is 396 g/mol. The van der Waals surface area contributed by atoms with Crippen LogP contribution in [0.5, 0.6) is 0 Å². The largest absolute Gasteiger partial charge is 0.366 e. The molecule has 1 saturated heterocycles. The molecule has 2 N–H and O–H groups in total. The van der Waals surface area contributed by atoms with Gasteiger partial charge in [-0.1, -0.05) is 30.3 Å². The van der Waals surface area contributed by atoms with Gasteiger partial charge in [-0.25, -0.2) is 0 Å². The van der Waals surface area contributed by atoms with Crippen LogP contribution in [0.3, 0.4) is 0 Å². The molecule has 5 rings (SSSR count). The van der Waals surface area contributed by atoms with Crippen LogP contribution in [-0.4, -0.2) is 47.7 Å². The molecule has 4 amide bonds. The monoisotopic (exact) mass is 418 g/mol. The number of hydrogen-bond donors (Lipinski definition) is 2. The van der Waals surface area contributed by atoms with Crippen molar-refractivity contribution in [2.24, 2.45) is 0 Å². The van der Waals surface area contributed by atoms with Crippen molar-refractivity contribution in [3.05, 3.63) is 64.7 Å². The summed E-state index contributed by atoms with van der Waals surface area (Å²) in [4.78, 5) is 53.4. The van der Waals surface area contributed by atoms with E-state index in [2.05, 4.69) is 27.7 Å². The Hall–Kier alpha value is -3.52. The minimum absolute atomic E-state index is 0.105. The predicted octanol–water partition coefficient (Wildman–Crippen LogP) is 1.20. The average Bonchev–Trinajstić information content (AvgIpc) is 2.90. The molecule has 3 aliphatic heterocycles. The van der Waals surface area contributed by atoms with Crippen molar-refractivity contribution in [2.45, 2.75) is 32.0 Å². The molecule has 8 nitrogen and oxygen atoms in total. The molecule has 3 aliphatic rings. The molecule has 0 saturated carbocycles. The number of amides is 4. The maximum atomic E-state index is 13.3. The zero-order valence-corrected chi connectivity index (χ0v) is 16.9. The fraction of sp³-hybridized carbons (Fsp3) is 0.304. The van der Waals surface area contributed by atoms with E-state index in [1.54, 1.807) is 12.1 Å². The lowest BCUT2D eigenvalue weighted by Gasteiger charge is -2.28. The van der Waals surface area contributed by atoms with Crippen molar-refractivity contribution in [2.75, 3.05) is 18.0 Å². The molecule has 3 heterocycles. The van der Waals surface area contributed by atoms with E-state index in [1.165, 1.54) is 5.56 Å². The van der Waals surface area contributed by atoms with Crippen LogP contribution in [0.25, 0.3) is 0 Å². The van der Waals surface area contributed by atoms with Crippen molar-refractivity contribution in [1.29, 1.82) is 0 Å². The number of imide groups is 2. The van der Waals surface area contributed by atoms with E-state index in [1.807, 2.05) is 18.2 Å². The lowest BCUT2D eigenvalue weighted by atomic mass is 10.0. The lowest BCUT2D eigenvalue weighted by Crippen LogP contribution is -2.54. The van der Waals surface area contributed by atoms with Gasteiger partial charge in [0, 0.05) is 38.3 Å². The number of fused-ring (bicyclic) bond motifs is 2. The number of carbonyl (C=O) groups is 4. The third-order valence-electron chi connectivity index (χ3n) is 6.12. The number of piperidine rings is 1. The van der Waals surface area contributed by atoms with Crippen molar-refractivity contribution in [1.82, 2.24) is 15.5 Å². The number of rotatable bonds is 3. The van der Waals surface area contributed by atoms with Gasteiger partial charge in [0.1, 0.15) is 6.04 Å². The molecule has 1 unspecified atom stereocenters. The lowest BCUT2D eigenvalue weighted by molar-refractivity contribution is -0.136. The Bertz CT molecular complexity index is 1110. The van der Waals surface area contributed by atoms with Gasteiger partial charge in [-0.05, 0) is 29.7 Å². The van der Waals surface area contributed by atoms with Crippen LogP contribution in [0.2, 0.25) is 0 Å². The Balaban J connectivity index is 1.48. The fourth-order valence-corrected chi connectivity index (χ4v) is 4.61. The summed E-state index contributed by atoms with van der Waals surface area (Å²) in [5.74, 6) is -1.92. The average molecular weight is 418 g/mol. The fourth-order valence-electron chi connectivity index (χ4n) is 4.61. The second-order valence-electron chi connectivity index (χ2n) is 8.01. The molecule has 2 aromatic rings. The second kappa shape index (κ2) is 7.63. The predicted molar refractivity (Wildman–Crippen MR) is 112 cm³/mol. The Morgan fingerprint density at radius 3 is 2.65 bits per heavy atom. The summed E-state index contributed by atoms with van der Waals surface area (Å²) in [7, 11) is 0. The first-order valence-corrected chi connectivity index (χ1v) is 10.4. The van der Waals surface area contributed by atoms with Gasteiger partial charge in [0.05, 0.1) is 11.1 Å². The standard InChI is InChI=1S/C23H22N4O4/c28-19-9-8-18(21(29)25-19)27-22(30)16-6-3-5-15(20(16)23(27)31)13-26-11-10-24-12-14-4-1-2-7-17(14)26/h1-7,18,24H,8-13H2,(H,25,28,29). The first-order valence-electron chi connectivity index (χ1n) is 10.4. The number of nitrogens with zero attached hydrogens (tertiary/aromatic N) is 2. The molecule has 2 aromatic carbocycles. The number of para-hydroxylation sites is 1. The van der Waals surface area contributed by atoms with Crippen molar-refractivity contribution in [3.8, 4) is 0 Å². The highest BCUT2D eigenvalue weighted by Crippen LogP contribution is 2.32. The van der Waals surface area contributed by atoms with E-state index < -0.39 is 23.8 Å². The zero-order chi connectivity index (χ0) is 21.5. The van der Waals surface area contributed by atoms with Crippen LogP contribution in [0.4, 0.5) is 5.69 Å². The third kappa shape index (κ3) is 3.29. The van der Waals surface area contributed by atoms with Crippen LogP contribution >= 0.6 is 0 Å². The van der Waals surface area contributed by atoms with E-state index >= 15 is 0 Å². The number of anilines is 1. The topological polar surface area (TPSA) is 98.8 Å². The normalized spacial score (nSPS) is 21.0. The minimum atomic E-state index is -0.957. The van der Waals surface area contributed by atoms with Crippen LogP contribution < -0.4 is 15.5 Å². The van der Waals surface area contributed by atoms with Crippen molar-refractivity contribution in [3.63, 3.8) is 0 Å². The summed E-state index contributed by atoms with van der Waals surface area (Å²) >= 11 is 0. The summed E-state index contributed by atoms with van der Waals surface area (Å²) < 4.78 is 0. The Morgan fingerprint density at radius 1 is 0.968 bits per heavy atom. The minimum Gasteiger partial charge on any atom is -0.366 e. The summed E-state index contributed by atoms with van der Waals surface area (Å²) in [6.07, 6.45) is 0.255. The van der Waals surface area contributed by atoms with E-state index in [9.17, 15) is 19.2 Å². The molecule has 1 fully saturated rings.